The van der Waals surface area contributed by atoms with Crippen molar-refractivity contribution in [2.45, 2.75) is 31.8 Å². The Morgan fingerprint density at radius 3 is 2.64 bits per heavy atom. The Morgan fingerprint density at radius 1 is 1.41 bits per heavy atom. The first-order valence-electron chi connectivity index (χ1n) is 7.34. The zero-order valence-electron chi connectivity index (χ0n) is 12.8. The number of carboxylic acid groups (broad SMARTS) is 1. The standard InChI is InChI=1S/C15H21N3O4/c1-3-18(9-14(20)21)12-6-11(7-12)16-15(22)10-4-5-13(19)17(2)8-10/h4-5,8,11-12H,3,6-7,9H2,1-2H3,(H,16,22)(H,20,21). The average molecular weight is 307 g/mol. The van der Waals surface area contributed by atoms with E-state index in [-0.39, 0.29) is 30.1 Å². The third-order valence-electron chi connectivity index (χ3n) is 4.06. The van der Waals surface area contributed by atoms with Gasteiger partial charge in [-0.3, -0.25) is 19.3 Å². The fraction of sp³-hybridized carbons (Fsp3) is 0.533. The fourth-order valence-electron chi connectivity index (χ4n) is 2.67. The van der Waals surface area contributed by atoms with Gasteiger partial charge in [0.25, 0.3) is 5.91 Å². The van der Waals surface area contributed by atoms with E-state index in [0.29, 0.717) is 12.1 Å². The molecule has 0 bridgehead atoms. The molecule has 1 heterocycles. The van der Waals surface area contributed by atoms with Crippen LogP contribution < -0.4 is 10.9 Å². The molecule has 0 atom stereocenters. The Labute approximate surface area is 128 Å². The quantitative estimate of drug-likeness (QED) is 0.775. The van der Waals surface area contributed by atoms with Crippen molar-refractivity contribution in [1.29, 1.82) is 0 Å². The predicted molar refractivity (Wildman–Crippen MR) is 80.8 cm³/mol. The minimum absolute atomic E-state index is 0.0304. The second-order valence-corrected chi connectivity index (χ2v) is 5.62. The van der Waals surface area contributed by atoms with Crippen LogP contribution in [0, 0.1) is 0 Å². The van der Waals surface area contributed by atoms with E-state index in [0.717, 1.165) is 12.8 Å². The lowest BCUT2D eigenvalue weighted by molar-refractivity contribution is -0.139. The Hall–Kier alpha value is -2.15. The number of amides is 1. The van der Waals surface area contributed by atoms with Crippen LogP contribution >= 0.6 is 0 Å². The molecule has 120 valence electrons. The van der Waals surface area contributed by atoms with Crippen molar-refractivity contribution in [3.63, 3.8) is 0 Å². The van der Waals surface area contributed by atoms with Crippen LogP contribution in [0.25, 0.3) is 0 Å². The number of carbonyl (C=O) groups excluding carboxylic acids is 1. The number of nitrogens with one attached hydrogen (secondary N) is 1. The predicted octanol–water partition coefficient (Wildman–Crippen LogP) is 0.0526. The zero-order chi connectivity index (χ0) is 16.3. The summed E-state index contributed by atoms with van der Waals surface area (Å²) in [6, 6.07) is 3.13. The lowest BCUT2D eigenvalue weighted by atomic mass is 9.85. The van der Waals surface area contributed by atoms with Crippen LogP contribution in [0.3, 0.4) is 0 Å². The SMILES string of the molecule is CCN(CC(=O)O)C1CC(NC(=O)c2ccc(=O)n(C)c2)C1. The number of aryl methyl sites for hydroxylation is 1. The summed E-state index contributed by atoms with van der Waals surface area (Å²) in [5.74, 6) is -1.04. The van der Waals surface area contributed by atoms with E-state index in [1.165, 1.54) is 22.9 Å². The molecular formula is C15H21N3O4. The maximum absolute atomic E-state index is 12.1. The van der Waals surface area contributed by atoms with Gasteiger partial charge in [0.15, 0.2) is 0 Å². The smallest absolute Gasteiger partial charge is 0.317 e. The summed E-state index contributed by atoms with van der Waals surface area (Å²) in [6.45, 7) is 2.64. The molecule has 1 aliphatic rings. The molecule has 1 saturated carbocycles. The Kier molecular flexibility index (Phi) is 4.97. The highest BCUT2D eigenvalue weighted by atomic mass is 16.4. The van der Waals surface area contributed by atoms with Crippen molar-refractivity contribution in [3.8, 4) is 0 Å². The van der Waals surface area contributed by atoms with Crippen LogP contribution in [-0.4, -0.2) is 51.6 Å². The van der Waals surface area contributed by atoms with Crippen molar-refractivity contribution in [1.82, 2.24) is 14.8 Å². The molecule has 0 saturated heterocycles. The molecule has 1 aromatic heterocycles. The summed E-state index contributed by atoms with van der Waals surface area (Å²) in [5, 5.41) is 11.8. The molecule has 0 spiro atoms. The van der Waals surface area contributed by atoms with E-state index in [1.54, 1.807) is 7.05 Å². The normalized spacial score (nSPS) is 20.5. The summed E-state index contributed by atoms with van der Waals surface area (Å²) in [6.07, 6.45) is 3.01. The van der Waals surface area contributed by atoms with Gasteiger partial charge in [0.05, 0.1) is 12.1 Å². The highest BCUT2D eigenvalue weighted by Gasteiger charge is 2.34. The van der Waals surface area contributed by atoms with Gasteiger partial charge < -0.3 is 15.0 Å². The molecule has 1 fully saturated rings. The van der Waals surface area contributed by atoms with Crippen LogP contribution in [-0.2, 0) is 11.8 Å². The largest absolute Gasteiger partial charge is 0.480 e. The molecule has 7 heteroatoms. The van der Waals surface area contributed by atoms with Crippen molar-refractivity contribution in [3.05, 3.63) is 34.2 Å². The minimum atomic E-state index is -0.834. The number of hydrogen-bond donors (Lipinski definition) is 2. The fourth-order valence-corrected chi connectivity index (χ4v) is 2.67. The molecule has 0 aromatic carbocycles. The first-order valence-corrected chi connectivity index (χ1v) is 7.34. The summed E-state index contributed by atoms with van der Waals surface area (Å²) < 4.78 is 1.37. The average Bonchev–Trinajstić information content (AvgIpc) is 2.42. The van der Waals surface area contributed by atoms with E-state index < -0.39 is 5.97 Å². The molecule has 22 heavy (non-hydrogen) atoms. The third kappa shape index (κ3) is 3.73. The van der Waals surface area contributed by atoms with Crippen LogP contribution in [0.4, 0.5) is 0 Å². The van der Waals surface area contributed by atoms with Crippen LogP contribution in [0.1, 0.15) is 30.1 Å². The van der Waals surface area contributed by atoms with Crippen LogP contribution in [0.2, 0.25) is 0 Å². The molecule has 1 aromatic rings. The molecule has 0 unspecified atom stereocenters. The number of aromatic nitrogens is 1. The van der Waals surface area contributed by atoms with E-state index in [9.17, 15) is 14.4 Å². The summed E-state index contributed by atoms with van der Waals surface area (Å²) >= 11 is 0. The van der Waals surface area contributed by atoms with Gasteiger partial charge in [0.2, 0.25) is 5.56 Å². The molecule has 0 radical (unpaired) electrons. The van der Waals surface area contributed by atoms with Gasteiger partial charge in [-0.25, -0.2) is 0 Å². The molecule has 2 rings (SSSR count). The minimum Gasteiger partial charge on any atom is -0.480 e. The maximum atomic E-state index is 12.1. The zero-order valence-corrected chi connectivity index (χ0v) is 12.8. The number of likely N-dealkylation sites (N-methyl/N-ethyl adjacent to an activating group) is 1. The van der Waals surface area contributed by atoms with E-state index >= 15 is 0 Å². The van der Waals surface area contributed by atoms with Gasteiger partial charge in [-0.15, -0.1) is 0 Å². The lowest BCUT2D eigenvalue weighted by Gasteiger charge is -2.42. The Bertz CT molecular complexity index is 619. The summed E-state index contributed by atoms with van der Waals surface area (Å²) in [4.78, 5) is 36.1. The van der Waals surface area contributed by atoms with Crippen molar-refractivity contribution in [2.24, 2.45) is 7.05 Å². The van der Waals surface area contributed by atoms with Crippen LogP contribution in [0.5, 0.6) is 0 Å². The van der Waals surface area contributed by atoms with Crippen molar-refractivity contribution < 1.29 is 14.7 Å². The molecule has 1 aliphatic carbocycles. The summed E-state index contributed by atoms with van der Waals surface area (Å²) in [5.41, 5.74) is 0.288. The number of carboxylic acids is 1. The van der Waals surface area contributed by atoms with E-state index in [4.69, 9.17) is 5.11 Å². The van der Waals surface area contributed by atoms with Gasteiger partial charge in [-0.2, -0.15) is 0 Å². The number of nitrogens with zero attached hydrogens (tertiary/aromatic N) is 2. The maximum Gasteiger partial charge on any atom is 0.317 e. The molecule has 7 nitrogen and oxygen atoms in total. The van der Waals surface area contributed by atoms with Crippen molar-refractivity contribution >= 4 is 11.9 Å². The van der Waals surface area contributed by atoms with Gasteiger partial charge in [0.1, 0.15) is 0 Å². The Balaban J connectivity index is 1.86. The first kappa shape index (κ1) is 16.2. The van der Waals surface area contributed by atoms with E-state index in [2.05, 4.69) is 5.32 Å². The molecule has 2 N–H and O–H groups in total. The number of pyridine rings is 1. The van der Waals surface area contributed by atoms with Crippen molar-refractivity contribution in [2.75, 3.05) is 13.1 Å². The second-order valence-electron chi connectivity index (χ2n) is 5.62. The topological polar surface area (TPSA) is 91.6 Å². The van der Waals surface area contributed by atoms with Gasteiger partial charge >= 0.3 is 5.97 Å². The highest BCUT2D eigenvalue weighted by Crippen LogP contribution is 2.25. The number of aliphatic carboxylic acids is 1. The summed E-state index contributed by atoms with van der Waals surface area (Å²) in [7, 11) is 1.60. The highest BCUT2D eigenvalue weighted by molar-refractivity contribution is 5.94. The number of hydrogen-bond acceptors (Lipinski definition) is 4. The Morgan fingerprint density at radius 2 is 2.09 bits per heavy atom. The molecule has 0 aliphatic heterocycles. The first-order chi connectivity index (χ1) is 10.4. The monoisotopic (exact) mass is 307 g/mol. The molecular weight excluding hydrogens is 286 g/mol. The lowest BCUT2D eigenvalue weighted by Crippen LogP contribution is -2.54. The number of rotatable bonds is 6. The third-order valence-corrected chi connectivity index (χ3v) is 4.06. The van der Waals surface area contributed by atoms with Gasteiger partial charge in [0, 0.05) is 31.4 Å². The number of carbonyl (C=O) groups is 2. The van der Waals surface area contributed by atoms with Gasteiger partial charge in [-0.1, -0.05) is 6.92 Å². The van der Waals surface area contributed by atoms with Gasteiger partial charge in [-0.05, 0) is 25.5 Å². The van der Waals surface area contributed by atoms with E-state index in [1.807, 2.05) is 11.8 Å². The van der Waals surface area contributed by atoms with Crippen LogP contribution in [0.15, 0.2) is 23.1 Å². The second kappa shape index (κ2) is 6.74. The molecule has 1 amide bonds.